The van der Waals surface area contributed by atoms with Crippen molar-refractivity contribution in [1.82, 2.24) is 0 Å². The Labute approximate surface area is 122 Å². The summed E-state index contributed by atoms with van der Waals surface area (Å²) in [6.45, 7) is 2.13. The van der Waals surface area contributed by atoms with Crippen LogP contribution in [0.3, 0.4) is 0 Å². The summed E-state index contributed by atoms with van der Waals surface area (Å²) in [6.07, 6.45) is 1.24. The smallest absolute Gasteiger partial charge is 0.170 e. The van der Waals surface area contributed by atoms with Crippen LogP contribution in [0, 0.1) is 0 Å². The topological polar surface area (TPSA) is 35.5 Å². The van der Waals surface area contributed by atoms with Crippen molar-refractivity contribution < 1.29 is 14.3 Å². The minimum Gasteiger partial charge on any atom is -0.497 e. The molecule has 4 heteroatoms. The van der Waals surface area contributed by atoms with E-state index in [0.717, 1.165) is 11.3 Å². The summed E-state index contributed by atoms with van der Waals surface area (Å²) < 4.78 is 11.2. The summed E-state index contributed by atoms with van der Waals surface area (Å²) in [4.78, 5) is 14.7. The molecule has 2 heterocycles. The quantitative estimate of drug-likeness (QED) is 0.855. The van der Waals surface area contributed by atoms with Gasteiger partial charge in [-0.15, -0.1) is 11.3 Å². The van der Waals surface area contributed by atoms with Crippen molar-refractivity contribution in [3.05, 3.63) is 45.6 Å². The number of thiophene rings is 1. The molecule has 1 atom stereocenters. The number of carbonyl (C=O) groups is 1. The molecule has 3 nitrogen and oxygen atoms in total. The number of methoxy groups -OCH3 is 1. The minimum absolute atomic E-state index is 0.130. The second-order valence-corrected chi connectivity index (χ2v) is 5.95. The van der Waals surface area contributed by atoms with Gasteiger partial charge < -0.3 is 9.47 Å². The largest absolute Gasteiger partial charge is 0.497 e. The van der Waals surface area contributed by atoms with Crippen LogP contribution in [0.25, 0.3) is 0 Å². The van der Waals surface area contributed by atoms with Crippen molar-refractivity contribution in [2.24, 2.45) is 0 Å². The molecule has 0 saturated carbocycles. The van der Waals surface area contributed by atoms with Crippen LogP contribution < -0.4 is 9.47 Å². The molecular formula is C16H16O3S. The fraction of sp³-hybridized carbons (Fsp3) is 0.312. The molecule has 1 aliphatic heterocycles. The molecule has 0 aliphatic carbocycles. The summed E-state index contributed by atoms with van der Waals surface area (Å²) in [6, 6.07) is 9.52. The van der Waals surface area contributed by atoms with Gasteiger partial charge in [-0.2, -0.15) is 0 Å². The van der Waals surface area contributed by atoms with Crippen molar-refractivity contribution in [3.63, 3.8) is 0 Å². The third-order valence-corrected chi connectivity index (χ3v) is 4.80. The Kier molecular flexibility index (Phi) is 3.49. The number of fused-ring (bicyclic) bond motifs is 1. The first-order valence-electron chi connectivity index (χ1n) is 6.67. The monoisotopic (exact) mass is 288 g/mol. The summed E-state index contributed by atoms with van der Waals surface area (Å²) in [5.74, 6) is 1.46. The Morgan fingerprint density at radius 2 is 2.20 bits per heavy atom. The molecule has 0 N–H and O–H groups in total. The molecule has 1 aromatic heterocycles. The highest BCUT2D eigenvalue weighted by Gasteiger charge is 2.28. The molecule has 0 spiro atoms. The first-order valence-corrected chi connectivity index (χ1v) is 7.49. The van der Waals surface area contributed by atoms with Crippen molar-refractivity contribution >= 4 is 17.1 Å². The second kappa shape index (κ2) is 5.29. The molecule has 1 aliphatic rings. The number of aryl methyl sites for hydroxylation is 1. The Hall–Kier alpha value is -1.81. The molecule has 0 amide bonds. The van der Waals surface area contributed by atoms with E-state index in [9.17, 15) is 4.79 Å². The standard InChI is InChI=1S/C16H16O3S/c1-3-11-5-7-16(20-11)15-9-13(17)12-6-4-10(18-2)8-14(12)19-15/h4-8,15H,3,9H2,1-2H3. The summed E-state index contributed by atoms with van der Waals surface area (Å²) in [5.41, 5.74) is 0.648. The van der Waals surface area contributed by atoms with E-state index in [1.165, 1.54) is 4.88 Å². The van der Waals surface area contributed by atoms with Gasteiger partial charge in [0.25, 0.3) is 0 Å². The van der Waals surface area contributed by atoms with Crippen LogP contribution in [0.5, 0.6) is 11.5 Å². The molecule has 1 aromatic carbocycles. The maximum absolute atomic E-state index is 12.2. The summed E-state index contributed by atoms with van der Waals surface area (Å²) in [5, 5.41) is 0. The number of hydrogen-bond acceptors (Lipinski definition) is 4. The van der Waals surface area contributed by atoms with Gasteiger partial charge in [0, 0.05) is 15.8 Å². The van der Waals surface area contributed by atoms with E-state index in [1.807, 2.05) is 0 Å². The van der Waals surface area contributed by atoms with E-state index < -0.39 is 0 Å². The van der Waals surface area contributed by atoms with Crippen molar-refractivity contribution in [2.75, 3.05) is 7.11 Å². The summed E-state index contributed by atoms with van der Waals surface area (Å²) >= 11 is 1.72. The van der Waals surface area contributed by atoms with E-state index >= 15 is 0 Å². The summed E-state index contributed by atoms with van der Waals surface area (Å²) in [7, 11) is 1.61. The lowest BCUT2D eigenvalue weighted by atomic mass is 10.00. The zero-order chi connectivity index (χ0) is 14.1. The molecule has 0 fully saturated rings. The lowest BCUT2D eigenvalue weighted by molar-refractivity contribution is 0.0854. The molecule has 1 unspecified atom stereocenters. The van der Waals surface area contributed by atoms with E-state index in [-0.39, 0.29) is 11.9 Å². The van der Waals surface area contributed by atoms with Gasteiger partial charge in [0.1, 0.15) is 17.6 Å². The number of ketones is 1. The predicted octanol–water partition coefficient (Wildman–Crippen LogP) is 4.03. The number of carbonyl (C=O) groups excluding carboxylic acids is 1. The zero-order valence-corrected chi connectivity index (χ0v) is 12.3. The number of Topliss-reactive ketones (excluding diaryl/α,β-unsaturated/α-hetero) is 1. The average Bonchev–Trinajstić information content (AvgIpc) is 2.95. The van der Waals surface area contributed by atoms with Gasteiger partial charge >= 0.3 is 0 Å². The third kappa shape index (κ3) is 2.31. The van der Waals surface area contributed by atoms with Gasteiger partial charge in [0.15, 0.2) is 5.78 Å². The highest BCUT2D eigenvalue weighted by molar-refractivity contribution is 7.12. The van der Waals surface area contributed by atoms with Gasteiger partial charge in [0.05, 0.1) is 19.1 Å². The average molecular weight is 288 g/mol. The van der Waals surface area contributed by atoms with Crippen LogP contribution in [0.15, 0.2) is 30.3 Å². The van der Waals surface area contributed by atoms with Gasteiger partial charge in [-0.1, -0.05) is 6.92 Å². The predicted molar refractivity (Wildman–Crippen MR) is 79.0 cm³/mol. The van der Waals surface area contributed by atoms with Gasteiger partial charge in [-0.05, 0) is 30.7 Å². The molecule has 104 valence electrons. The molecule has 0 bridgehead atoms. The van der Waals surface area contributed by atoms with E-state index in [2.05, 4.69) is 19.1 Å². The van der Waals surface area contributed by atoms with Gasteiger partial charge in [0.2, 0.25) is 0 Å². The maximum Gasteiger partial charge on any atom is 0.170 e. The molecular weight excluding hydrogens is 272 g/mol. The lowest BCUT2D eigenvalue weighted by Crippen LogP contribution is -2.19. The maximum atomic E-state index is 12.2. The van der Waals surface area contributed by atoms with Crippen LogP contribution in [0.1, 0.15) is 39.6 Å². The normalized spacial score (nSPS) is 17.5. The number of ether oxygens (including phenoxy) is 2. The van der Waals surface area contributed by atoms with Gasteiger partial charge in [-0.25, -0.2) is 0 Å². The zero-order valence-electron chi connectivity index (χ0n) is 11.5. The van der Waals surface area contributed by atoms with Crippen LogP contribution >= 0.6 is 11.3 Å². The lowest BCUT2D eigenvalue weighted by Gasteiger charge is -2.24. The van der Waals surface area contributed by atoms with Crippen LogP contribution in [0.2, 0.25) is 0 Å². The molecule has 3 rings (SSSR count). The number of hydrogen-bond donors (Lipinski definition) is 0. The Bertz CT molecular complexity index is 645. The Morgan fingerprint density at radius 1 is 1.35 bits per heavy atom. The number of rotatable bonds is 3. The highest BCUT2D eigenvalue weighted by atomic mass is 32.1. The fourth-order valence-corrected chi connectivity index (χ4v) is 3.33. The Morgan fingerprint density at radius 3 is 2.90 bits per heavy atom. The molecule has 0 saturated heterocycles. The molecule has 2 aromatic rings. The van der Waals surface area contributed by atoms with Crippen LogP contribution in [0.4, 0.5) is 0 Å². The minimum atomic E-state index is -0.174. The van der Waals surface area contributed by atoms with Crippen LogP contribution in [-0.2, 0) is 6.42 Å². The molecule has 20 heavy (non-hydrogen) atoms. The SMILES string of the molecule is CCc1ccc(C2CC(=O)c3ccc(OC)cc3O2)s1. The van der Waals surface area contributed by atoms with E-state index in [1.54, 1.807) is 36.6 Å². The first kappa shape index (κ1) is 13.2. The fourth-order valence-electron chi connectivity index (χ4n) is 2.35. The first-order chi connectivity index (χ1) is 9.71. The van der Waals surface area contributed by atoms with Crippen molar-refractivity contribution in [2.45, 2.75) is 25.9 Å². The Balaban J connectivity index is 1.92. The third-order valence-electron chi connectivity index (χ3n) is 3.48. The molecule has 0 radical (unpaired) electrons. The van der Waals surface area contributed by atoms with E-state index in [4.69, 9.17) is 9.47 Å². The highest BCUT2D eigenvalue weighted by Crippen LogP contribution is 2.38. The van der Waals surface area contributed by atoms with Crippen molar-refractivity contribution in [3.8, 4) is 11.5 Å². The van der Waals surface area contributed by atoms with Crippen molar-refractivity contribution in [1.29, 1.82) is 0 Å². The van der Waals surface area contributed by atoms with E-state index in [0.29, 0.717) is 23.5 Å². The second-order valence-electron chi connectivity index (χ2n) is 4.75. The van der Waals surface area contributed by atoms with Gasteiger partial charge in [-0.3, -0.25) is 4.79 Å². The van der Waals surface area contributed by atoms with Crippen LogP contribution in [-0.4, -0.2) is 12.9 Å². The number of benzene rings is 1.